The Balaban J connectivity index is 1.98. The molecule has 2 rings (SSSR count). The number of amides is 2. The van der Waals surface area contributed by atoms with Crippen LogP contribution in [0.4, 0.5) is 0 Å². The number of nitrogens with zero attached hydrogens (tertiary/aromatic N) is 2. The molecule has 0 saturated heterocycles. The molecule has 0 saturated carbocycles. The molecule has 2 N–H and O–H groups in total. The minimum Gasteiger partial charge on any atom is -0.380 e. The summed E-state index contributed by atoms with van der Waals surface area (Å²) in [6.45, 7) is 0.227. The lowest BCUT2D eigenvalue weighted by Gasteiger charge is -2.24. The third-order valence-corrected chi connectivity index (χ3v) is 4.12. The molecule has 0 heterocycles. The molecule has 0 aliphatic heterocycles. The quantitative estimate of drug-likeness (QED) is 0.754. The van der Waals surface area contributed by atoms with E-state index in [4.69, 9.17) is 0 Å². The van der Waals surface area contributed by atoms with E-state index in [1.54, 1.807) is 0 Å². The summed E-state index contributed by atoms with van der Waals surface area (Å²) in [6.07, 6.45) is -3.60. The summed E-state index contributed by atoms with van der Waals surface area (Å²) in [7, 11) is 4.38. The van der Waals surface area contributed by atoms with Crippen molar-refractivity contribution >= 4 is 11.8 Å². The average molecular weight is 380 g/mol. The van der Waals surface area contributed by atoms with Crippen LogP contribution in [-0.4, -0.2) is 65.2 Å². The Kier molecular flexibility index (Phi) is 7.33. The molecule has 6 heteroatoms. The van der Waals surface area contributed by atoms with Crippen LogP contribution in [0.25, 0.3) is 0 Å². The Morgan fingerprint density at radius 1 is 0.821 bits per heavy atom. The molecule has 146 valence electrons. The van der Waals surface area contributed by atoms with E-state index >= 15 is 0 Å². The number of rotatable bonds is 5. The summed E-state index contributed by atoms with van der Waals surface area (Å²) >= 11 is 0. The Labute approximate surface area is 165 Å². The van der Waals surface area contributed by atoms with Crippen molar-refractivity contribution < 1.29 is 19.8 Å². The van der Waals surface area contributed by atoms with Crippen molar-refractivity contribution in [3.05, 3.63) is 71.3 Å². The highest BCUT2D eigenvalue weighted by Gasteiger charge is 2.33. The summed E-state index contributed by atoms with van der Waals surface area (Å²) in [4.78, 5) is 26.4. The van der Waals surface area contributed by atoms with Gasteiger partial charge in [0.05, 0.1) is 0 Å². The lowest BCUT2D eigenvalue weighted by molar-refractivity contribution is -0.156. The predicted molar refractivity (Wildman–Crippen MR) is 106 cm³/mol. The van der Waals surface area contributed by atoms with Crippen molar-refractivity contribution in [1.29, 1.82) is 0 Å². The molecule has 2 amide bonds. The van der Waals surface area contributed by atoms with Gasteiger partial charge >= 0.3 is 0 Å². The highest BCUT2D eigenvalue weighted by atomic mass is 16.3. The van der Waals surface area contributed by atoms with Crippen molar-refractivity contribution in [3.63, 3.8) is 0 Å². The summed E-state index contributed by atoms with van der Waals surface area (Å²) in [5.41, 5.74) is 2.60. The third-order valence-electron chi connectivity index (χ3n) is 4.12. The van der Waals surface area contributed by atoms with Gasteiger partial charge in [0.1, 0.15) is 0 Å². The van der Waals surface area contributed by atoms with Gasteiger partial charge in [-0.1, -0.05) is 42.2 Å². The van der Waals surface area contributed by atoms with E-state index in [-0.39, 0.29) is 6.54 Å². The molecule has 6 nitrogen and oxygen atoms in total. The van der Waals surface area contributed by atoms with Crippen molar-refractivity contribution in [2.24, 2.45) is 0 Å². The molecule has 28 heavy (non-hydrogen) atoms. The van der Waals surface area contributed by atoms with Gasteiger partial charge in [0.25, 0.3) is 11.8 Å². The zero-order chi connectivity index (χ0) is 20.7. The predicted octanol–water partition coefficient (Wildman–Crippen LogP) is 0.855. The molecule has 0 aromatic heterocycles. The maximum Gasteiger partial charge on any atom is 0.254 e. The Morgan fingerprint density at radius 2 is 1.32 bits per heavy atom. The lowest BCUT2D eigenvalue weighted by Crippen LogP contribution is -2.49. The Morgan fingerprint density at radius 3 is 1.86 bits per heavy atom. The van der Waals surface area contributed by atoms with Gasteiger partial charge < -0.3 is 20.0 Å². The number of carbonyl (C=O) groups excluding carboxylic acids is 2. The van der Waals surface area contributed by atoms with Crippen LogP contribution in [0, 0.1) is 11.8 Å². The zero-order valence-electron chi connectivity index (χ0n) is 16.2. The second-order valence-corrected chi connectivity index (χ2v) is 6.63. The highest BCUT2D eigenvalue weighted by Crippen LogP contribution is 2.09. The second kappa shape index (κ2) is 9.70. The minimum absolute atomic E-state index is 0.227. The van der Waals surface area contributed by atoms with Gasteiger partial charge in [-0.2, -0.15) is 0 Å². The number of hydrogen-bond donors (Lipinski definition) is 2. The van der Waals surface area contributed by atoms with E-state index in [2.05, 4.69) is 11.8 Å². The van der Waals surface area contributed by atoms with Gasteiger partial charge in [0.15, 0.2) is 12.2 Å². The molecule has 2 unspecified atom stereocenters. The van der Waals surface area contributed by atoms with Crippen LogP contribution in [0.2, 0.25) is 0 Å². The van der Waals surface area contributed by atoms with Gasteiger partial charge in [-0.3, -0.25) is 9.59 Å². The number of aliphatic hydroxyl groups is 2. The fourth-order valence-corrected chi connectivity index (χ4v) is 2.47. The monoisotopic (exact) mass is 380 g/mol. The fraction of sp³-hybridized carbons (Fsp3) is 0.273. The molecular weight excluding hydrogens is 356 g/mol. The lowest BCUT2D eigenvalue weighted by atomic mass is 10.1. The molecule has 2 aromatic rings. The Bertz CT molecular complexity index is 867. The maximum atomic E-state index is 12.3. The smallest absolute Gasteiger partial charge is 0.254 e. The summed E-state index contributed by atoms with van der Waals surface area (Å²) in [6, 6.07) is 17.0. The molecule has 2 aromatic carbocycles. The minimum atomic E-state index is -1.81. The second-order valence-electron chi connectivity index (χ2n) is 6.63. The van der Waals surface area contributed by atoms with Crippen molar-refractivity contribution in [2.75, 3.05) is 21.1 Å². The van der Waals surface area contributed by atoms with Crippen molar-refractivity contribution in [3.8, 4) is 11.8 Å². The number of aliphatic hydroxyl groups excluding tert-OH is 2. The first kappa shape index (κ1) is 21.2. The number of likely N-dealkylation sites (N-methyl/N-ethyl adjacent to an activating group) is 2. The molecule has 0 radical (unpaired) electrons. The van der Waals surface area contributed by atoms with Gasteiger partial charge in [0.2, 0.25) is 0 Å². The van der Waals surface area contributed by atoms with Crippen LogP contribution in [-0.2, 0) is 16.1 Å². The zero-order valence-corrected chi connectivity index (χ0v) is 16.2. The highest BCUT2D eigenvalue weighted by molar-refractivity contribution is 5.90. The number of carbonyl (C=O) groups is 2. The SMILES string of the molecule is CN(C)C(=O)C(O)C(O)C(=O)N(C)Cc1ccc(C#Cc2ccccc2)cc1. The van der Waals surface area contributed by atoms with E-state index in [1.807, 2.05) is 54.6 Å². The van der Waals surface area contributed by atoms with Crippen molar-refractivity contribution in [2.45, 2.75) is 18.8 Å². The van der Waals surface area contributed by atoms with E-state index in [9.17, 15) is 19.8 Å². The first-order valence-corrected chi connectivity index (χ1v) is 8.78. The van der Waals surface area contributed by atoms with E-state index in [0.29, 0.717) is 0 Å². The van der Waals surface area contributed by atoms with Crippen LogP contribution in [0.5, 0.6) is 0 Å². The van der Waals surface area contributed by atoms with Crippen LogP contribution in [0.1, 0.15) is 16.7 Å². The van der Waals surface area contributed by atoms with Crippen LogP contribution >= 0.6 is 0 Å². The summed E-state index contributed by atoms with van der Waals surface area (Å²) < 4.78 is 0. The summed E-state index contributed by atoms with van der Waals surface area (Å²) in [5.74, 6) is 4.70. The standard InChI is InChI=1S/C22H24N2O4/c1-23(2)21(27)19(25)20(26)22(28)24(3)15-18-13-11-17(12-14-18)10-9-16-7-5-4-6-8-16/h4-8,11-14,19-20,25-26H,15H2,1-3H3. The average Bonchev–Trinajstić information content (AvgIpc) is 2.71. The normalized spacial score (nSPS) is 12.3. The van der Waals surface area contributed by atoms with E-state index in [0.717, 1.165) is 21.6 Å². The van der Waals surface area contributed by atoms with E-state index in [1.165, 1.54) is 26.0 Å². The topological polar surface area (TPSA) is 81.1 Å². The van der Waals surface area contributed by atoms with Gasteiger partial charge in [-0.05, 0) is 29.8 Å². The van der Waals surface area contributed by atoms with Gasteiger partial charge in [-0.25, -0.2) is 0 Å². The number of benzene rings is 2. The van der Waals surface area contributed by atoms with Crippen LogP contribution < -0.4 is 0 Å². The van der Waals surface area contributed by atoms with Crippen LogP contribution in [0.15, 0.2) is 54.6 Å². The summed E-state index contributed by atoms with van der Waals surface area (Å²) in [5, 5.41) is 19.8. The molecule has 0 spiro atoms. The molecule has 0 fully saturated rings. The number of hydrogen-bond acceptors (Lipinski definition) is 4. The largest absolute Gasteiger partial charge is 0.380 e. The molecule has 0 aliphatic rings. The molecule has 0 bridgehead atoms. The molecular formula is C22H24N2O4. The van der Waals surface area contributed by atoms with Gasteiger partial charge in [0, 0.05) is 38.8 Å². The van der Waals surface area contributed by atoms with Gasteiger partial charge in [-0.15, -0.1) is 0 Å². The Hall–Kier alpha value is -3.14. The molecule has 0 aliphatic carbocycles. The van der Waals surface area contributed by atoms with Crippen LogP contribution in [0.3, 0.4) is 0 Å². The third kappa shape index (κ3) is 5.68. The molecule has 2 atom stereocenters. The van der Waals surface area contributed by atoms with E-state index < -0.39 is 24.0 Å². The fourth-order valence-electron chi connectivity index (χ4n) is 2.47. The maximum absolute atomic E-state index is 12.3. The van der Waals surface area contributed by atoms with Crippen molar-refractivity contribution in [1.82, 2.24) is 9.80 Å². The first-order chi connectivity index (χ1) is 13.3. The first-order valence-electron chi connectivity index (χ1n) is 8.78.